The first-order valence-electron chi connectivity index (χ1n) is 2.73. The van der Waals surface area contributed by atoms with Crippen molar-refractivity contribution in [3.8, 4) is 0 Å². The Morgan fingerprint density at radius 3 is 1.92 bits per heavy atom. The lowest BCUT2D eigenvalue weighted by molar-refractivity contribution is 0.483. The highest BCUT2D eigenvalue weighted by atomic mass is 35.5. The van der Waals surface area contributed by atoms with E-state index in [0.29, 0.717) is 5.02 Å². The molecule has 0 saturated heterocycles. The summed E-state index contributed by atoms with van der Waals surface area (Å²) >= 11 is 5.49. The predicted octanol–water partition coefficient (Wildman–Crippen LogP) is 0.671. The van der Waals surface area contributed by atoms with Crippen molar-refractivity contribution in [2.75, 3.05) is 0 Å². The molecule has 0 fully saturated rings. The van der Waals surface area contributed by atoms with Gasteiger partial charge in [-0.15, -0.1) is 0 Å². The summed E-state index contributed by atoms with van der Waals surface area (Å²) < 4.78 is 29.4. The molecule has 0 saturated carbocycles. The molecule has 6 heteroatoms. The quantitative estimate of drug-likeness (QED) is 0.557. The molecule has 0 spiro atoms. The summed E-state index contributed by atoms with van der Waals surface area (Å²) in [5.41, 5.74) is 0. The molecule has 1 N–H and O–H groups in total. The number of rotatable bonds is 1. The lowest BCUT2D eigenvalue weighted by atomic mass is 10.4. The molecule has 0 heterocycles. The molecule has 0 bridgehead atoms. The maximum Gasteiger partial charge on any atom is 0.316 e. The number of benzene rings is 1. The van der Waals surface area contributed by atoms with E-state index >= 15 is 0 Å². The fourth-order valence-corrected chi connectivity index (χ4v) is 1.21. The van der Waals surface area contributed by atoms with Gasteiger partial charge in [-0.25, -0.2) is 0 Å². The number of hydrogen-bond donors (Lipinski definition) is 1. The summed E-state index contributed by atoms with van der Waals surface area (Å²) in [6.07, 6.45) is 0. The Bertz CT molecular complexity index is 346. The van der Waals surface area contributed by atoms with Crippen LogP contribution in [0.25, 0.3) is 0 Å². The minimum absolute atomic E-state index is 0. The average molecular weight is 219 g/mol. The molecule has 0 atom stereocenters. The van der Waals surface area contributed by atoms with E-state index in [1.54, 1.807) is 0 Å². The van der Waals surface area contributed by atoms with Gasteiger partial charge in [-0.3, -0.25) is 4.55 Å². The Kier molecular flexibility index (Phi) is 4.50. The molecule has 0 radical (unpaired) electrons. The van der Waals surface area contributed by atoms with E-state index in [9.17, 15) is 8.42 Å². The van der Waals surface area contributed by atoms with Crippen LogP contribution in [0.3, 0.4) is 0 Å². The van der Waals surface area contributed by atoms with Crippen LogP contribution in [-0.4, -0.2) is 36.0 Å². The van der Waals surface area contributed by atoms with Gasteiger partial charge in [-0.05, 0) is 24.3 Å². The lowest BCUT2D eigenvalue weighted by Gasteiger charge is -1.94. The summed E-state index contributed by atoms with van der Waals surface area (Å²) in [5, 5.41) is 0.428. The Hall–Kier alpha value is 0.186. The van der Waals surface area contributed by atoms with Gasteiger partial charge in [0, 0.05) is 5.02 Å². The van der Waals surface area contributed by atoms with Gasteiger partial charge in [-0.1, -0.05) is 11.6 Å². The average Bonchev–Trinajstić information content (AvgIpc) is 1.86. The molecular weight excluding hydrogens is 212 g/mol. The molecular formula is C6H7ClMgO3S. The van der Waals surface area contributed by atoms with Gasteiger partial charge in [0.25, 0.3) is 10.1 Å². The van der Waals surface area contributed by atoms with Crippen molar-refractivity contribution in [1.82, 2.24) is 0 Å². The summed E-state index contributed by atoms with van der Waals surface area (Å²) in [4.78, 5) is -0.151. The van der Waals surface area contributed by atoms with Gasteiger partial charge < -0.3 is 0 Å². The zero-order valence-corrected chi connectivity index (χ0v) is 6.93. The first-order valence-corrected chi connectivity index (χ1v) is 4.55. The van der Waals surface area contributed by atoms with Crippen molar-refractivity contribution in [2.24, 2.45) is 0 Å². The second-order valence-corrected chi connectivity index (χ2v) is 3.79. The van der Waals surface area contributed by atoms with Crippen molar-refractivity contribution in [3.05, 3.63) is 29.3 Å². The third-order valence-corrected chi connectivity index (χ3v) is 2.23. The topological polar surface area (TPSA) is 54.4 Å². The van der Waals surface area contributed by atoms with Crippen molar-refractivity contribution in [1.29, 1.82) is 0 Å². The first kappa shape index (κ1) is 12.2. The molecule has 0 aliphatic heterocycles. The van der Waals surface area contributed by atoms with Crippen LogP contribution in [0.2, 0.25) is 5.02 Å². The van der Waals surface area contributed by atoms with Crippen LogP contribution < -0.4 is 0 Å². The molecule has 0 aromatic heterocycles. The van der Waals surface area contributed by atoms with E-state index in [1.165, 1.54) is 24.3 Å². The van der Waals surface area contributed by atoms with Gasteiger partial charge in [0.15, 0.2) is 0 Å². The van der Waals surface area contributed by atoms with E-state index in [2.05, 4.69) is 0 Å². The third-order valence-electron chi connectivity index (χ3n) is 1.11. The van der Waals surface area contributed by atoms with Gasteiger partial charge in [-0.2, -0.15) is 8.42 Å². The van der Waals surface area contributed by atoms with Crippen LogP contribution >= 0.6 is 11.6 Å². The Balaban J connectivity index is 0.00000121. The number of halogens is 1. The van der Waals surface area contributed by atoms with Gasteiger partial charge in [0.1, 0.15) is 0 Å². The molecule has 0 unspecified atom stereocenters. The molecule has 1 aromatic rings. The molecule has 1 rings (SSSR count). The Morgan fingerprint density at radius 2 is 1.58 bits per heavy atom. The minimum Gasteiger partial charge on any atom is -0.282 e. The second-order valence-electron chi connectivity index (χ2n) is 1.93. The molecule has 0 aliphatic carbocycles. The summed E-state index contributed by atoms with van der Waals surface area (Å²) in [6, 6.07) is 5.25. The van der Waals surface area contributed by atoms with Crippen LogP contribution in [0.15, 0.2) is 29.2 Å². The van der Waals surface area contributed by atoms with Gasteiger partial charge in [0.2, 0.25) is 0 Å². The SMILES string of the molecule is O=S(=O)(O)c1ccc(Cl)cc1.[MgH2]. The largest absolute Gasteiger partial charge is 0.316 e. The van der Waals surface area contributed by atoms with E-state index < -0.39 is 10.1 Å². The molecule has 1 aromatic carbocycles. The fourth-order valence-electron chi connectivity index (χ4n) is 0.607. The van der Waals surface area contributed by atoms with Crippen LogP contribution in [-0.2, 0) is 10.1 Å². The molecule has 0 aliphatic rings. The van der Waals surface area contributed by atoms with Crippen molar-refractivity contribution >= 4 is 44.8 Å². The van der Waals surface area contributed by atoms with Crippen LogP contribution in [0.4, 0.5) is 0 Å². The highest BCUT2D eigenvalue weighted by molar-refractivity contribution is 7.85. The normalized spacial score (nSPS) is 10.5. The molecule has 0 amide bonds. The molecule has 3 nitrogen and oxygen atoms in total. The van der Waals surface area contributed by atoms with Gasteiger partial charge >= 0.3 is 23.1 Å². The van der Waals surface area contributed by atoms with E-state index in [0.717, 1.165) is 0 Å². The second kappa shape index (κ2) is 4.43. The lowest BCUT2D eigenvalue weighted by Crippen LogP contribution is -1.96. The summed E-state index contributed by atoms with van der Waals surface area (Å²) in [6.45, 7) is 0. The van der Waals surface area contributed by atoms with Crippen LogP contribution in [0.5, 0.6) is 0 Å². The number of hydrogen-bond acceptors (Lipinski definition) is 2. The monoisotopic (exact) mass is 218 g/mol. The highest BCUT2D eigenvalue weighted by Gasteiger charge is 2.07. The zero-order chi connectivity index (χ0) is 8.48. The standard InChI is InChI=1S/C6H5ClO3S.Mg.2H/c7-5-1-3-6(4-2-5)11(8,9)10;;;/h1-4H,(H,8,9,10);;;. The van der Waals surface area contributed by atoms with E-state index in [1.807, 2.05) is 0 Å². The molecule has 64 valence electrons. The first-order chi connectivity index (χ1) is 5.00. The smallest absolute Gasteiger partial charge is 0.282 e. The maximum absolute atomic E-state index is 10.5. The zero-order valence-electron chi connectivity index (χ0n) is 5.36. The Morgan fingerprint density at radius 1 is 1.17 bits per heavy atom. The van der Waals surface area contributed by atoms with E-state index in [4.69, 9.17) is 16.2 Å². The Labute approximate surface area is 91.6 Å². The molecule has 12 heavy (non-hydrogen) atoms. The summed E-state index contributed by atoms with van der Waals surface area (Å²) in [7, 11) is -4.08. The van der Waals surface area contributed by atoms with Crippen molar-refractivity contribution in [2.45, 2.75) is 4.90 Å². The van der Waals surface area contributed by atoms with Gasteiger partial charge in [0.05, 0.1) is 4.90 Å². The van der Waals surface area contributed by atoms with Crippen molar-refractivity contribution < 1.29 is 13.0 Å². The van der Waals surface area contributed by atoms with Crippen LogP contribution in [0, 0.1) is 0 Å². The van der Waals surface area contributed by atoms with E-state index in [-0.39, 0.29) is 27.9 Å². The maximum atomic E-state index is 10.5. The van der Waals surface area contributed by atoms with Crippen LogP contribution in [0.1, 0.15) is 0 Å². The fraction of sp³-hybridized carbons (Fsp3) is 0. The highest BCUT2D eigenvalue weighted by Crippen LogP contribution is 2.12. The third kappa shape index (κ3) is 3.28. The minimum atomic E-state index is -4.08. The predicted molar refractivity (Wildman–Crippen MR) is 49.8 cm³/mol. The van der Waals surface area contributed by atoms with Crippen molar-refractivity contribution in [3.63, 3.8) is 0 Å². The summed E-state index contributed by atoms with van der Waals surface area (Å²) in [5.74, 6) is 0.